The molecular weight excluding hydrogens is 1430 g/mol. The van der Waals surface area contributed by atoms with E-state index < -0.39 is 97.5 Å². The minimum atomic E-state index is -5.01. The highest BCUT2D eigenvalue weighted by atomic mass is 31.2. The van der Waals surface area contributed by atoms with E-state index in [0.717, 1.165) is 205 Å². The molecule has 0 aliphatic rings. The fourth-order valence-corrected chi connectivity index (χ4v) is 12.1. The number of carbonyl (C=O) groups excluding carboxylic acids is 4. The Morgan fingerprint density at radius 3 is 0.745 bits per heavy atom. The van der Waals surface area contributed by atoms with Gasteiger partial charge in [0.2, 0.25) is 0 Å². The second-order valence-corrected chi connectivity index (χ2v) is 30.2. The third-order valence-electron chi connectivity index (χ3n) is 16.8. The van der Waals surface area contributed by atoms with E-state index in [1.165, 1.54) is 19.3 Å². The second kappa shape index (κ2) is 81.2. The summed E-state index contributed by atoms with van der Waals surface area (Å²) in [5.41, 5.74) is 0. The first kappa shape index (κ1) is 104. The number of ether oxygens (including phenoxy) is 4. The first-order valence-electron chi connectivity index (χ1n) is 42.0. The normalized spacial score (nSPS) is 14.7. The molecule has 19 heteroatoms. The Kier molecular flexibility index (Phi) is 76.9. The molecule has 0 saturated heterocycles. The van der Waals surface area contributed by atoms with E-state index >= 15 is 0 Å². The molecule has 5 unspecified atom stereocenters. The lowest BCUT2D eigenvalue weighted by Crippen LogP contribution is -2.30. The van der Waals surface area contributed by atoms with Gasteiger partial charge in [-0.15, -0.1) is 0 Å². The highest BCUT2D eigenvalue weighted by Crippen LogP contribution is 2.45. The second-order valence-electron chi connectivity index (χ2n) is 27.3. The summed E-state index contributed by atoms with van der Waals surface area (Å²) < 4.78 is 68.7. The maximum Gasteiger partial charge on any atom is 0.472 e. The molecule has 110 heavy (non-hydrogen) atoms. The van der Waals surface area contributed by atoms with Crippen molar-refractivity contribution >= 4 is 39.5 Å². The summed E-state index contributed by atoms with van der Waals surface area (Å²) in [5.74, 6) is -2.29. The van der Waals surface area contributed by atoms with Gasteiger partial charge in [0.05, 0.1) is 26.4 Å². The van der Waals surface area contributed by atoms with Crippen LogP contribution in [-0.2, 0) is 65.4 Å². The number of aliphatic hydroxyl groups is 1. The Bertz CT molecular complexity index is 2800. The van der Waals surface area contributed by atoms with Gasteiger partial charge in [-0.3, -0.25) is 37.3 Å². The van der Waals surface area contributed by atoms with Gasteiger partial charge < -0.3 is 33.8 Å². The van der Waals surface area contributed by atoms with Gasteiger partial charge in [0, 0.05) is 25.7 Å². The molecule has 0 aromatic heterocycles. The third kappa shape index (κ3) is 80.2. The van der Waals surface area contributed by atoms with Crippen molar-refractivity contribution in [1.82, 2.24) is 0 Å². The Balaban J connectivity index is 5.47. The van der Waals surface area contributed by atoms with Crippen molar-refractivity contribution in [3.8, 4) is 0 Å². The highest BCUT2D eigenvalue weighted by molar-refractivity contribution is 7.47. The van der Waals surface area contributed by atoms with Crippen molar-refractivity contribution in [1.29, 1.82) is 0 Å². The van der Waals surface area contributed by atoms with Gasteiger partial charge in [0.15, 0.2) is 12.2 Å². The smallest absolute Gasteiger partial charge is 0.462 e. The molecule has 17 nitrogen and oxygen atoms in total. The Morgan fingerprint density at radius 1 is 0.264 bits per heavy atom. The lowest BCUT2D eigenvalue weighted by molar-refractivity contribution is -0.161. The van der Waals surface area contributed by atoms with Crippen LogP contribution in [0.4, 0.5) is 0 Å². The number of hydrogen-bond acceptors (Lipinski definition) is 15. The van der Waals surface area contributed by atoms with Crippen LogP contribution in [0.1, 0.15) is 310 Å². The first-order valence-corrected chi connectivity index (χ1v) is 45.0. The molecule has 0 amide bonds. The average molecular weight is 1580 g/mol. The van der Waals surface area contributed by atoms with Crippen LogP contribution in [0.3, 0.4) is 0 Å². The molecule has 624 valence electrons. The highest BCUT2D eigenvalue weighted by Gasteiger charge is 2.30. The van der Waals surface area contributed by atoms with Crippen LogP contribution in [0, 0.1) is 0 Å². The number of phosphoric ester groups is 2. The first-order chi connectivity index (χ1) is 53.7. The molecule has 0 fully saturated rings. The predicted octanol–water partition coefficient (Wildman–Crippen LogP) is 25.1. The number of unbranched alkanes of at least 4 members (excludes halogenated alkanes) is 21. The molecular formula is C91H148O17P2. The van der Waals surface area contributed by atoms with Crippen molar-refractivity contribution in [3.05, 3.63) is 182 Å². The van der Waals surface area contributed by atoms with E-state index in [2.05, 4.69) is 210 Å². The number of carbonyl (C=O) groups is 4. The molecule has 5 atom stereocenters. The number of hydrogen-bond donors (Lipinski definition) is 3. The van der Waals surface area contributed by atoms with Crippen molar-refractivity contribution in [2.45, 2.75) is 329 Å². The van der Waals surface area contributed by atoms with Gasteiger partial charge in [-0.2, -0.15) is 0 Å². The van der Waals surface area contributed by atoms with Crippen molar-refractivity contribution in [2.75, 3.05) is 39.6 Å². The van der Waals surface area contributed by atoms with Crippen molar-refractivity contribution in [2.24, 2.45) is 0 Å². The number of aliphatic hydroxyl groups excluding tert-OH is 1. The summed E-state index contributed by atoms with van der Waals surface area (Å²) in [4.78, 5) is 73.2. The van der Waals surface area contributed by atoms with Crippen LogP contribution in [0.2, 0.25) is 0 Å². The van der Waals surface area contributed by atoms with Gasteiger partial charge in [-0.05, 0) is 180 Å². The quantitative estimate of drug-likeness (QED) is 0.0169. The van der Waals surface area contributed by atoms with Crippen LogP contribution >= 0.6 is 15.6 Å². The van der Waals surface area contributed by atoms with Crippen LogP contribution < -0.4 is 0 Å². The average Bonchev–Trinajstić information content (AvgIpc) is 0.906. The fourth-order valence-electron chi connectivity index (χ4n) is 10.6. The minimum Gasteiger partial charge on any atom is -0.462 e. The zero-order valence-electron chi connectivity index (χ0n) is 68.4. The maximum atomic E-state index is 13.1. The van der Waals surface area contributed by atoms with Gasteiger partial charge in [-0.25, -0.2) is 9.13 Å². The van der Waals surface area contributed by atoms with Crippen molar-refractivity contribution < 1.29 is 80.2 Å². The monoisotopic (exact) mass is 1580 g/mol. The van der Waals surface area contributed by atoms with Crippen LogP contribution in [0.25, 0.3) is 0 Å². The van der Waals surface area contributed by atoms with Gasteiger partial charge in [0.1, 0.15) is 19.3 Å². The summed E-state index contributed by atoms with van der Waals surface area (Å²) in [6, 6.07) is 0. The summed E-state index contributed by atoms with van der Waals surface area (Å²) in [6.45, 7) is 4.40. The molecule has 0 aliphatic heterocycles. The summed E-state index contributed by atoms with van der Waals surface area (Å²) in [5, 5.41) is 10.7. The zero-order valence-corrected chi connectivity index (χ0v) is 70.1. The number of rotatable bonds is 77. The largest absolute Gasteiger partial charge is 0.472 e. The molecule has 0 aromatic rings. The molecule has 0 saturated carbocycles. The van der Waals surface area contributed by atoms with E-state index in [9.17, 15) is 43.2 Å². The SMILES string of the molecule is CC/C=C\C/C=C\C/C=C\C/C=C\CCCCCCCCC(=O)OCC(COP(=O)(O)OCC(O)COP(=O)(O)OCC(COC(=O)CCCCCCCC/C=C\C/C=C\C/C=C\CCCCC)OC(=O)CCCC/C=C\C/C=C\C/C=C\C/C=C\CC)OC(=O)CCCCCC/C=C\C/C=C\C/C=C\C/C=C\CC. The number of esters is 4. The van der Waals surface area contributed by atoms with Crippen LogP contribution in [-0.4, -0.2) is 96.7 Å². The molecule has 0 spiro atoms. The number of allylic oxidation sites excluding steroid dienone is 30. The molecule has 0 bridgehead atoms. The lowest BCUT2D eigenvalue weighted by Gasteiger charge is -2.21. The molecule has 0 rings (SSSR count). The van der Waals surface area contributed by atoms with E-state index in [-0.39, 0.29) is 25.7 Å². The molecule has 3 N–H and O–H groups in total. The maximum absolute atomic E-state index is 13.1. The lowest BCUT2D eigenvalue weighted by atomic mass is 10.1. The van der Waals surface area contributed by atoms with Gasteiger partial charge in [-0.1, -0.05) is 287 Å². The zero-order chi connectivity index (χ0) is 80.3. The predicted molar refractivity (Wildman–Crippen MR) is 454 cm³/mol. The third-order valence-corrected chi connectivity index (χ3v) is 18.7. The summed E-state index contributed by atoms with van der Waals surface area (Å²) >= 11 is 0. The Morgan fingerprint density at radius 2 is 0.473 bits per heavy atom. The summed E-state index contributed by atoms with van der Waals surface area (Å²) in [6.07, 6.45) is 98.6. The van der Waals surface area contributed by atoms with E-state index in [1.54, 1.807) is 0 Å². The number of phosphoric acid groups is 2. The van der Waals surface area contributed by atoms with Crippen LogP contribution in [0.15, 0.2) is 182 Å². The van der Waals surface area contributed by atoms with Crippen LogP contribution in [0.5, 0.6) is 0 Å². The molecule has 0 heterocycles. The van der Waals surface area contributed by atoms with Gasteiger partial charge in [0.25, 0.3) is 0 Å². The summed E-state index contributed by atoms with van der Waals surface area (Å²) in [7, 11) is -10.0. The molecule has 0 radical (unpaired) electrons. The molecule has 0 aliphatic carbocycles. The standard InChI is InChI=1S/C91H148O17P2/c1-5-9-13-17-21-25-29-33-37-40-42-45-48-51-55-59-63-67-71-75-88(93)101-81-86(107-90(95)77-73-69-65-61-57-53-47-36-32-28-24-20-16-12-8-4)83-105-109(97,98)103-79-85(92)80-104-110(99,100)106-84-87(108-91(96)78-74-70-66-62-58-54-50-44-39-35-31-27-23-19-15-11-7-3)82-102-89(94)76-72-68-64-60-56-52-49-46-43-41-38-34-30-26-22-18-14-10-6-2/h10-12,14-16,21-28,33-39,42-43,45-47,50,54,57,61,85-87,92H,5-9,13,17-20,29-32,40-41,44,48-49,51-53,55-56,58-60,62-84H2,1-4H3,(H,97,98)(H,99,100)/b14-10-,15-11-,16-12-,25-21-,26-22-,27-23-,28-24-,37-33-,38-34-,39-35-,45-42-,46-43-,47-36-,54-50-,61-57-. The Hall–Kier alpha value is -5.84. The molecule has 0 aromatic carbocycles. The topological polar surface area (TPSA) is 237 Å². The van der Waals surface area contributed by atoms with Crippen molar-refractivity contribution in [3.63, 3.8) is 0 Å². The van der Waals surface area contributed by atoms with E-state index in [1.807, 2.05) is 0 Å². The Labute approximate surface area is 666 Å². The van der Waals surface area contributed by atoms with Gasteiger partial charge >= 0.3 is 39.5 Å². The minimum absolute atomic E-state index is 0.0327. The van der Waals surface area contributed by atoms with E-state index in [0.29, 0.717) is 32.1 Å². The fraction of sp³-hybridized carbons (Fsp3) is 0.626. The van der Waals surface area contributed by atoms with E-state index in [4.69, 9.17) is 37.0 Å².